The topological polar surface area (TPSA) is 70.7 Å². The molecule has 4 rings (SSSR count). The maximum Gasteiger partial charge on any atom is 0.321 e. The zero-order valence-electron chi connectivity index (χ0n) is 19.5. The van der Waals surface area contributed by atoms with Gasteiger partial charge in [-0.3, -0.25) is 4.79 Å². The van der Waals surface area contributed by atoms with Crippen LogP contribution in [0.3, 0.4) is 0 Å². The Morgan fingerprint density at radius 1 is 1.00 bits per heavy atom. The maximum absolute atomic E-state index is 12.7. The van der Waals surface area contributed by atoms with Crippen molar-refractivity contribution < 1.29 is 14.3 Å². The number of nitrogens with zero attached hydrogens (tertiary/aromatic N) is 1. The Bertz CT molecular complexity index is 1120. The zero-order chi connectivity index (χ0) is 23.8. The monoisotopic (exact) mass is 457 g/mol. The van der Waals surface area contributed by atoms with Gasteiger partial charge in [-0.05, 0) is 49.1 Å². The number of rotatable bonds is 7. The zero-order valence-corrected chi connectivity index (χ0v) is 19.5. The fourth-order valence-corrected chi connectivity index (χ4v) is 4.23. The molecule has 0 aliphatic carbocycles. The second-order valence-electron chi connectivity index (χ2n) is 8.59. The Morgan fingerprint density at radius 2 is 1.79 bits per heavy atom. The molecule has 3 amide bonds. The minimum atomic E-state index is -0.214. The molecule has 0 saturated carbocycles. The lowest BCUT2D eigenvalue weighted by molar-refractivity contribution is -0.126. The van der Waals surface area contributed by atoms with E-state index in [2.05, 4.69) is 10.6 Å². The van der Waals surface area contributed by atoms with Crippen LogP contribution in [-0.2, 0) is 4.79 Å². The normalized spacial score (nSPS) is 15.4. The van der Waals surface area contributed by atoms with Crippen LogP contribution in [0.25, 0.3) is 11.1 Å². The first-order chi connectivity index (χ1) is 16.6. The molecule has 1 aliphatic heterocycles. The van der Waals surface area contributed by atoms with Crippen LogP contribution >= 0.6 is 0 Å². The number of hydrogen-bond donors (Lipinski definition) is 2. The van der Waals surface area contributed by atoms with Gasteiger partial charge < -0.3 is 20.3 Å². The van der Waals surface area contributed by atoms with Crippen LogP contribution in [0.15, 0.2) is 78.9 Å². The first-order valence-electron chi connectivity index (χ1n) is 11.8. The molecule has 1 heterocycles. The molecule has 1 fully saturated rings. The van der Waals surface area contributed by atoms with Crippen LogP contribution in [0.4, 0.5) is 10.5 Å². The number of para-hydroxylation sites is 1. The molecule has 0 aromatic heterocycles. The van der Waals surface area contributed by atoms with Gasteiger partial charge in [0.05, 0.1) is 12.5 Å². The Labute approximate surface area is 200 Å². The van der Waals surface area contributed by atoms with Gasteiger partial charge in [0.15, 0.2) is 0 Å². The lowest BCUT2D eigenvalue weighted by Gasteiger charge is -2.32. The summed E-state index contributed by atoms with van der Waals surface area (Å²) < 4.78 is 5.98. The lowest BCUT2D eigenvalue weighted by Crippen LogP contribution is -2.47. The SMILES string of the molecule is Cc1cccc(NC(=O)N2CCCC(C(=O)NCCOc3ccccc3-c3ccccc3)C2)c1. The number of ether oxygens (including phenoxy) is 1. The van der Waals surface area contributed by atoms with Gasteiger partial charge in [-0.1, -0.05) is 60.7 Å². The van der Waals surface area contributed by atoms with E-state index in [1.807, 2.05) is 85.8 Å². The predicted molar refractivity (Wildman–Crippen MR) is 135 cm³/mol. The molecule has 6 heteroatoms. The van der Waals surface area contributed by atoms with Crippen LogP contribution in [-0.4, -0.2) is 43.1 Å². The summed E-state index contributed by atoms with van der Waals surface area (Å²) in [5, 5.41) is 5.91. The summed E-state index contributed by atoms with van der Waals surface area (Å²) in [5.41, 5.74) is 3.97. The van der Waals surface area contributed by atoms with Crippen LogP contribution in [0.2, 0.25) is 0 Å². The van der Waals surface area contributed by atoms with Crippen molar-refractivity contribution in [3.05, 3.63) is 84.4 Å². The molecule has 34 heavy (non-hydrogen) atoms. The van der Waals surface area contributed by atoms with E-state index in [1.54, 1.807) is 4.90 Å². The predicted octanol–water partition coefficient (Wildman–Crippen LogP) is 5.10. The van der Waals surface area contributed by atoms with Gasteiger partial charge in [0.25, 0.3) is 0 Å². The number of likely N-dealkylation sites (tertiary alicyclic amines) is 1. The number of anilines is 1. The molecule has 2 N–H and O–H groups in total. The average Bonchev–Trinajstić information content (AvgIpc) is 2.87. The maximum atomic E-state index is 12.7. The minimum Gasteiger partial charge on any atom is -0.491 e. The van der Waals surface area contributed by atoms with E-state index in [-0.39, 0.29) is 17.9 Å². The summed E-state index contributed by atoms with van der Waals surface area (Å²) in [6, 6.07) is 25.5. The first-order valence-corrected chi connectivity index (χ1v) is 11.8. The third kappa shape index (κ3) is 6.16. The molecule has 176 valence electrons. The number of carbonyl (C=O) groups excluding carboxylic acids is 2. The van der Waals surface area contributed by atoms with Crippen molar-refractivity contribution in [3.63, 3.8) is 0 Å². The van der Waals surface area contributed by atoms with Crippen LogP contribution in [0.5, 0.6) is 5.75 Å². The summed E-state index contributed by atoms with van der Waals surface area (Å²) in [5.74, 6) is 0.543. The molecule has 1 atom stereocenters. The van der Waals surface area contributed by atoms with Gasteiger partial charge in [0, 0.05) is 24.3 Å². The van der Waals surface area contributed by atoms with Gasteiger partial charge in [0.2, 0.25) is 5.91 Å². The van der Waals surface area contributed by atoms with E-state index in [4.69, 9.17) is 4.74 Å². The van der Waals surface area contributed by atoms with E-state index in [0.717, 1.165) is 41.0 Å². The van der Waals surface area contributed by atoms with Crippen molar-refractivity contribution in [3.8, 4) is 16.9 Å². The van der Waals surface area contributed by atoms with E-state index in [9.17, 15) is 9.59 Å². The minimum absolute atomic E-state index is 0.0343. The first kappa shape index (κ1) is 23.4. The van der Waals surface area contributed by atoms with Crippen LogP contribution in [0.1, 0.15) is 18.4 Å². The molecular weight excluding hydrogens is 426 g/mol. The molecule has 1 saturated heterocycles. The second-order valence-corrected chi connectivity index (χ2v) is 8.59. The summed E-state index contributed by atoms with van der Waals surface area (Å²) in [6.45, 7) is 3.84. The summed E-state index contributed by atoms with van der Waals surface area (Å²) in [7, 11) is 0. The van der Waals surface area contributed by atoms with Gasteiger partial charge >= 0.3 is 6.03 Å². The Hall–Kier alpha value is -3.80. The number of benzene rings is 3. The van der Waals surface area contributed by atoms with E-state index < -0.39 is 0 Å². The standard InChI is InChI=1S/C28H31N3O3/c1-21-9-7-13-24(19-21)30-28(33)31-17-8-12-23(20-31)27(32)29-16-18-34-26-15-6-5-14-25(26)22-10-3-2-4-11-22/h2-7,9-11,13-15,19,23H,8,12,16-18,20H2,1H3,(H,29,32)(H,30,33). The fraction of sp³-hybridized carbons (Fsp3) is 0.286. The summed E-state index contributed by atoms with van der Waals surface area (Å²) in [6.07, 6.45) is 1.58. The van der Waals surface area contributed by atoms with Gasteiger partial charge in [0.1, 0.15) is 12.4 Å². The quantitative estimate of drug-likeness (QED) is 0.485. The molecular formula is C28H31N3O3. The molecule has 1 unspecified atom stereocenters. The van der Waals surface area contributed by atoms with Crippen molar-refractivity contribution in [2.24, 2.45) is 5.92 Å². The van der Waals surface area contributed by atoms with E-state index in [0.29, 0.717) is 26.2 Å². The second kappa shape index (κ2) is 11.4. The highest BCUT2D eigenvalue weighted by atomic mass is 16.5. The molecule has 0 radical (unpaired) electrons. The third-order valence-electron chi connectivity index (χ3n) is 5.98. The fourth-order valence-electron chi connectivity index (χ4n) is 4.23. The highest BCUT2D eigenvalue weighted by Crippen LogP contribution is 2.29. The van der Waals surface area contributed by atoms with Gasteiger partial charge in [-0.15, -0.1) is 0 Å². The van der Waals surface area contributed by atoms with Crippen molar-refractivity contribution in [2.75, 3.05) is 31.6 Å². The Kier molecular flexibility index (Phi) is 7.81. The van der Waals surface area contributed by atoms with Crippen molar-refractivity contribution in [1.29, 1.82) is 0 Å². The van der Waals surface area contributed by atoms with Crippen molar-refractivity contribution in [1.82, 2.24) is 10.2 Å². The summed E-state index contributed by atoms with van der Waals surface area (Å²) in [4.78, 5) is 27.1. The lowest BCUT2D eigenvalue weighted by atomic mass is 9.97. The number of nitrogens with one attached hydrogen (secondary N) is 2. The van der Waals surface area contributed by atoms with Gasteiger partial charge in [-0.2, -0.15) is 0 Å². The number of piperidine rings is 1. The smallest absolute Gasteiger partial charge is 0.321 e. The largest absolute Gasteiger partial charge is 0.491 e. The number of urea groups is 1. The highest BCUT2D eigenvalue weighted by molar-refractivity contribution is 5.90. The molecule has 3 aromatic carbocycles. The molecule has 0 spiro atoms. The van der Waals surface area contributed by atoms with E-state index >= 15 is 0 Å². The number of hydrogen-bond acceptors (Lipinski definition) is 3. The van der Waals surface area contributed by atoms with Crippen LogP contribution in [0, 0.1) is 12.8 Å². The number of amides is 3. The third-order valence-corrected chi connectivity index (χ3v) is 5.98. The van der Waals surface area contributed by atoms with Gasteiger partial charge in [-0.25, -0.2) is 4.79 Å². The van der Waals surface area contributed by atoms with E-state index in [1.165, 1.54) is 0 Å². The highest BCUT2D eigenvalue weighted by Gasteiger charge is 2.28. The van der Waals surface area contributed by atoms with Crippen molar-refractivity contribution >= 4 is 17.6 Å². The molecule has 1 aliphatic rings. The number of carbonyl (C=O) groups is 2. The van der Waals surface area contributed by atoms with Crippen LogP contribution < -0.4 is 15.4 Å². The van der Waals surface area contributed by atoms with Crippen molar-refractivity contribution in [2.45, 2.75) is 19.8 Å². The summed E-state index contributed by atoms with van der Waals surface area (Å²) >= 11 is 0. The molecule has 3 aromatic rings. The molecule has 0 bridgehead atoms. The number of aryl methyl sites for hydroxylation is 1. The Balaban J connectivity index is 1.25. The Morgan fingerprint density at radius 3 is 2.62 bits per heavy atom. The molecule has 6 nitrogen and oxygen atoms in total. The average molecular weight is 458 g/mol.